The number of thioether (sulfide) groups is 1. The van der Waals surface area contributed by atoms with E-state index < -0.39 is 0 Å². The Morgan fingerprint density at radius 3 is 2.29 bits per heavy atom. The fourth-order valence-corrected chi connectivity index (χ4v) is 5.56. The molecule has 0 fully saturated rings. The maximum Gasteiger partial charge on any atom is 0.263 e. The Bertz CT molecular complexity index is 1280. The minimum absolute atomic E-state index is 0.122. The van der Waals surface area contributed by atoms with Crippen molar-refractivity contribution in [1.29, 1.82) is 0 Å². The molecular weight excluding hydrogens is 502 g/mol. The molecule has 0 bridgehead atoms. The van der Waals surface area contributed by atoms with Gasteiger partial charge < -0.3 is 20.1 Å². The maximum absolute atomic E-state index is 12.8. The van der Waals surface area contributed by atoms with Crippen LogP contribution in [0.5, 0.6) is 11.5 Å². The third-order valence-electron chi connectivity index (χ3n) is 4.96. The lowest BCUT2D eigenvalue weighted by Gasteiger charge is -2.14. The molecule has 4 rings (SSSR count). The predicted octanol–water partition coefficient (Wildman–Crippen LogP) is 6.26. The molecule has 2 aromatic carbocycles. The topological polar surface area (TPSA) is 89.5 Å². The molecule has 4 aromatic rings. The lowest BCUT2D eigenvalue weighted by atomic mass is 10.1. The average molecular weight is 526 g/mol. The molecular formula is C25H23N3O4S3. The van der Waals surface area contributed by atoms with E-state index in [-0.39, 0.29) is 17.1 Å². The van der Waals surface area contributed by atoms with Gasteiger partial charge in [0.15, 0.2) is 5.13 Å². The van der Waals surface area contributed by atoms with Gasteiger partial charge in [-0.1, -0.05) is 12.1 Å². The van der Waals surface area contributed by atoms with Gasteiger partial charge in [0.05, 0.1) is 30.0 Å². The number of benzene rings is 2. The number of anilines is 2. The van der Waals surface area contributed by atoms with Gasteiger partial charge in [-0.3, -0.25) is 9.59 Å². The van der Waals surface area contributed by atoms with E-state index in [2.05, 4.69) is 15.6 Å². The summed E-state index contributed by atoms with van der Waals surface area (Å²) in [5.74, 6) is 0.397. The van der Waals surface area contributed by atoms with E-state index in [0.29, 0.717) is 27.9 Å². The van der Waals surface area contributed by atoms with Crippen LogP contribution in [0.2, 0.25) is 0 Å². The molecule has 0 aliphatic heterocycles. The predicted molar refractivity (Wildman–Crippen MR) is 143 cm³/mol. The van der Waals surface area contributed by atoms with Crippen LogP contribution in [-0.4, -0.2) is 36.3 Å². The summed E-state index contributed by atoms with van der Waals surface area (Å²) in [5.41, 5.74) is 1.81. The number of aromatic nitrogens is 1. The zero-order chi connectivity index (χ0) is 24.8. The number of nitrogens with one attached hydrogen (secondary N) is 2. The van der Waals surface area contributed by atoms with Crippen LogP contribution in [0.25, 0.3) is 10.6 Å². The molecule has 1 atom stereocenters. The van der Waals surface area contributed by atoms with Gasteiger partial charge in [0.1, 0.15) is 17.1 Å². The van der Waals surface area contributed by atoms with Crippen LogP contribution in [-0.2, 0) is 4.79 Å². The van der Waals surface area contributed by atoms with Crippen molar-refractivity contribution < 1.29 is 19.1 Å². The number of rotatable bonds is 9. The Kier molecular flexibility index (Phi) is 8.06. The Balaban J connectivity index is 1.35. The average Bonchev–Trinajstić information content (AvgIpc) is 3.57. The zero-order valence-corrected chi connectivity index (χ0v) is 21.7. The first-order valence-electron chi connectivity index (χ1n) is 10.6. The largest absolute Gasteiger partial charge is 0.496 e. The molecule has 2 N–H and O–H groups in total. The Morgan fingerprint density at radius 1 is 0.943 bits per heavy atom. The van der Waals surface area contributed by atoms with Gasteiger partial charge in [-0.2, -0.15) is 0 Å². The Labute approximate surface area is 215 Å². The quantitative estimate of drug-likeness (QED) is 0.251. The fraction of sp³-hybridized carbons (Fsp3) is 0.160. The molecule has 0 saturated carbocycles. The number of amides is 2. The van der Waals surface area contributed by atoms with Gasteiger partial charge in [-0.25, -0.2) is 4.98 Å². The van der Waals surface area contributed by atoms with Crippen LogP contribution in [0.4, 0.5) is 10.8 Å². The standard InChI is InChI=1S/C25H23N3O4S3/c1-15(23(29)28-25-27-18(14-34-25)21-8-5-13-33-21)35-17-11-9-16(10-12-17)26-24(30)22-19(31-2)6-4-7-20(22)32-3/h4-15H,1-3H3,(H,26,30)(H,27,28,29). The highest BCUT2D eigenvalue weighted by Crippen LogP contribution is 2.31. The van der Waals surface area contributed by atoms with E-state index in [1.54, 1.807) is 41.7 Å². The van der Waals surface area contributed by atoms with Crippen molar-refractivity contribution in [2.24, 2.45) is 0 Å². The highest BCUT2D eigenvalue weighted by molar-refractivity contribution is 8.00. The first-order valence-corrected chi connectivity index (χ1v) is 13.2. The van der Waals surface area contributed by atoms with E-state index in [1.807, 2.05) is 41.9 Å². The summed E-state index contributed by atoms with van der Waals surface area (Å²) in [6.07, 6.45) is 0. The third kappa shape index (κ3) is 6.02. The first-order chi connectivity index (χ1) is 17.0. The number of methoxy groups -OCH3 is 2. The van der Waals surface area contributed by atoms with Crippen LogP contribution in [0.15, 0.2) is 70.3 Å². The summed E-state index contributed by atoms with van der Waals surface area (Å²) in [6.45, 7) is 1.84. The second-order valence-corrected chi connectivity index (χ2v) is 10.5. The summed E-state index contributed by atoms with van der Waals surface area (Å²) in [6, 6.07) is 16.5. The molecule has 7 nitrogen and oxygen atoms in total. The number of nitrogens with zero attached hydrogens (tertiary/aromatic N) is 1. The van der Waals surface area contributed by atoms with Gasteiger partial charge in [-0.15, -0.1) is 34.4 Å². The number of thiazole rings is 1. The molecule has 0 radical (unpaired) electrons. The van der Waals surface area contributed by atoms with Gasteiger partial charge in [0, 0.05) is 16.0 Å². The Hall–Kier alpha value is -3.34. The summed E-state index contributed by atoms with van der Waals surface area (Å²) < 4.78 is 10.6. The number of hydrogen-bond acceptors (Lipinski definition) is 8. The van der Waals surface area contributed by atoms with Gasteiger partial charge in [-0.05, 0) is 54.8 Å². The molecule has 0 saturated heterocycles. The molecule has 2 aromatic heterocycles. The van der Waals surface area contributed by atoms with E-state index >= 15 is 0 Å². The monoisotopic (exact) mass is 525 g/mol. The summed E-state index contributed by atoms with van der Waals surface area (Å²) in [5, 5.41) is 9.94. The smallest absolute Gasteiger partial charge is 0.263 e. The van der Waals surface area contributed by atoms with Gasteiger partial charge in [0.2, 0.25) is 5.91 Å². The van der Waals surface area contributed by atoms with Crippen LogP contribution < -0.4 is 20.1 Å². The molecule has 35 heavy (non-hydrogen) atoms. The van der Waals surface area contributed by atoms with Crippen molar-refractivity contribution in [1.82, 2.24) is 4.98 Å². The zero-order valence-electron chi connectivity index (χ0n) is 19.2. The van der Waals surface area contributed by atoms with Crippen molar-refractivity contribution in [3.8, 4) is 22.1 Å². The second kappa shape index (κ2) is 11.4. The third-order valence-corrected chi connectivity index (χ3v) is 7.72. The van der Waals surface area contributed by atoms with E-state index in [0.717, 1.165) is 15.5 Å². The molecule has 10 heteroatoms. The van der Waals surface area contributed by atoms with Crippen LogP contribution in [0, 0.1) is 0 Å². The minimum atomic E-state index is -0.335. The Morgan fingerprint density at radius 2 is 1.66 bits per heavy atom. The highest BCUT2D eigenvalue weighted by atomic mass is 32.2. The summed E-state index contributed by atoms with van der Waals surface area (Å²) in [7, 11) is 3.01. The molecule has 2 amide bonds. The molecule has 0 aliphatic rings. The first kappa shape index (κ1) is 24.8. The normalized spacial score (nSPS) is 11.5. The summed E-state index contributed by atoms with van der Waals surface area (Å²) in [4.78, 5) is 32.0. The van der Waals surface area contributed by atoms with E-state index in [1.165, 1.54) is 37.3 Å². The number of thiophene rings is 1. The highest BCUT2D eigenvalue weighted by Gasteiger charge is 2.19. The van der Waals surface area contributed by atoms with Crippen LogP contribution >= 0.6 is 34.4 Å². The fourth-order valence-electron chi connectivity index (χ4n) is 3.22. The SMILES string of the molecule is COc1cccc(OC)c1C(=O)Nc1ccc(SC(C)C(=O)Nc2nc(-c3cccs3)cs2)cc1. The number of carbonyl (C=O) groups is 2. The second-order valence-electron chi connectivity index (χ2n) is 7.28. The lowest BCUT2D eigenvalue weighted by Crippen LogP contribution is -2.22. The van der Waals surface area contributed by atoms with Gasteiger partial charge in [0.25, 0.3) is 5.91 Å². The molecule has 1 unspecified atom stereocenters. The molecule has 2 heterocycles. The van der Waals surface area contributed by atoms with Crippen LogP contribution in [0.1, 0.15) is 17.3 Å². The van der Waals surface area contributed by atoms with Gasteiger partial charge >= 0.3 is 0 Å². The molecule has 0 spiro atoms. The molecule has 0 aliphatic carbocycles. The summed E-state index contributed by atoms with van der Waals surface area (Å²) >= 11 is 4.44. The number of ether oxygens (including phenoxy) is 2. The lowest BCUT2D eigenvalue weighted by molar-refractivity contribution is -0.115. The maximum atomic E-state index is 12.8. The van der Waals surface area contributed by atoms with Crippen molar-refractivity contribution in [3.05, 3.63) is 70.9 Å². The minimum Gasteiger partial charge on any atom is -0.496 e. The van der Waals surface area contributed by atoms with Crippen molar-refractivity contribution >= 4 is 57.1 Å². The van der Waals surface area contributed by atoms with Crippen molar-refractivity contribution in [2.75, 3.05) is 24.9 Å². The van der Waals surface area contributed by atoms with Crippen LogP contribution in [0.3, 0.4) is 0 Å². The van der Waals surface area contributed by atoms with Crippen molar-refractivity contribution in [3.63, 3.8) is 0 Å². The molecule has 180 valence electrons. The van der Waals surface area contributed by atoms with Crippen molar-refractivity contribution in [2.45, 2.75) is 17.1 Å². The number of hydrogen-bond donors (Lipinski definition) is 2. The van der Waals surface area contributed by atoms with E-state index in [4.69, 9.17) is 9.47 Å². The number of carbonyl (C=O) groups excluding carboxylic acids is 2. The van der Waals surface area contributed by atoms with E-state index in [9.17, 15) is 9.59 Å².